The zero-order valence-electron chi connectivity index (χ0n) is 6.40. The van der Waals surface area contributed by atoms with E-state index in [-0.39, 0.29) is 17.3 Å². The predicted molar refractivity (Wildman–Crippen MR) is 50.9 cm³/mol. The second kappa shape index (κ2) is 4.19. The van der Waals surface area contributed by atoms with Crippen molar-refractivity contribution < 1.29 is 8.78 Å². The molecule has 0 fully saturated rings. The van der Waals surface area contributed by atoms with Crippen LogP contribution in [-0.4, -0.2) is 4.98 Å². The molecule has 1 heterocycles. The van der Waals surface area contributed by atoms with Gasteiger partial charge in [-0.05, 0) is 27.6 Å². The Kier molecular flexibility index (Phi) is 3.44. The van der Waals surface area contributed by atoms with Crippen LogP contribution in [0.1, 0.15) is 17.6 Å². The van der Waals surface area contributed by atoms with Gasteiger partial charge in [0.05, 0.1) is 5.56 Å². The first-order valence-corrected chi connectivity index (χ1v) is 4.68. The molecule has 0 atom stereocenters. The first kappa shape index (κ1) is 10.7. The molecule has 0 aliphatic rings. The number of aromatic nitrogens is 1. The molecule has 6 heteroatoms. The Labute approximate surface area is 87.2 Å². The van der Waals surface area contributed by atoms with Gasteiger partial charge in [0.2, 0.25) is 0 Å². The highest BCUT2D eigenvalue weighted by atomic mass is 79.9. The molecule has 0 saturated heterocycles. The lowest BCUT2D eigenvalue weighted by atomic mass is 10.1. The molecule has 0 unspecified atom stereocenters. The number of pyridine rings is 1. The van der Waals surface area contributed by atoms with Gasteiger partial charge in [0.15, 0.2) is 0 Å². The molecule has 1 rings (SSSR count). The van der Waals surface area contributed by atoms with Crippen molar-refractivity contribution in [2.75, 3.05) is 5.73 Å². The van der Waals surface area contributed by atoms with E-state index in [0.717, 1.165) is 0 Å². The molecular weight excluding hydrogens is 265 g/mol. The van der Waals surface area contributed by atoms with Gasteiger partial charge in [-0.15, -0.1) is 11.6 Å². The molecule has 0 aliphatic heterocycles. The lowest BCUT2D eigenvalue weighted by Crippen LogP contribution is -2.02. The van der Waals surface area contributed by atoms with Crippen LogP contribution in [0.25, 0.3) is 0 Å². The van der Waals surface area contributed by atoms with Crippen molar-refractivity contribution in [3.05, 3.63) is 21.8 Å². The normalized spacial score (nSPS) is 10.8. The average Bonchev–Trinajstić information content (AvgIpc) is 2.01. The standard InChI is InChI=1S/C7H6BrClF2N2/c8-4-1-3(2-9)5(6(10)11)7(12)13-4/h1,6H,2H2,(H2,12,13). The van der Waals surface area contributed by atoms with Gasteiger partial charge >= 0.3 is 0 Å². The summed E-state index contributed by atoms with van der Waals surface area (Å²) < 4.78 is 25.2. The van der Waals surface area contributed by atoms with E-state index < -0.39 is 6.43 Å². The Bertz CT molecular complexity index is 320. The molecular formula is C7H6BrClF2N2. The third-order valence-electron chi connectivity index (χ3n) is 1.50. The minimum absolute atomic E-state index is 0.00894. The Hall–Kier alpha value is -0.420. The minimum atomic E-state index is -2.64. The Morgan fingerprint density at radius 2 is 2.23 bits per heavy atom. The summed E-state index contributed by atoms with van der Waals surface area (Å²) in [6.07, 6.45) is -2.64. The number of rotatable bonds is 2. The second-order valence-electron chi connectivity index (χ2n) is 2.34. The summed E-state index contributed by atoms with van der Waals surface area (Å²) in [6.45, 7) is 0. The molecule has 2 nitrogen and oxygen atoms in total. The van der Waals surface area contributed by atoms with E-state index in [0.29, 0.717) is 10.2 Å². The highest BCUT2D eigenvalue weighted by Crippen LogP contribution is 2.30. The van der Waals surface area contributed by atoms with E-state index in [1.807, 2.05) is 0 Å². The molecule has 0 saturated carbocycles. The van der Waals surface area contributed by atoms with E-state index in [9.17, 15) is 8.78 Å². The van der Waals surface area contributed by atoms with E-state index in [1.54, 1.807) is 0 Å². The third kappa shape index (κ3) is 2.28. The first-order chi connectivity index (χ1) is 6.06. The monoisotopic (exact) mass is 270 g/mol. The van der Waals surface area contributed by atoms with Crippen LogP contribution >= 0.6 is 27.5 Å². The first-order valence-electron chi connectivity index (χ1n) is 3.35. The summed E-state index contributed by atoms with van der Waals surface area (Å²) in [7, 11) is 0. The molecule has 0 aromatic carbocycles. The van der Waals surface area contributed by atoms with Crippen LogP contribution in [0, 0.1) is 0 Å². The number of alkyl halides is 3. The largest absolute Gasteiger partial charge is 0.383 e. The summed E-state index contributed by atoms with van der Waals surface area (Å²) in [6, 6.07) is 1.44. The van der Waals surface area contributed by atoms with Crippen molar-refractivity contribution in [1.29, 1.82) is 0 Å². The fourth-order valence-corrected chi connectivity index (χ4v) is 1.64. The maximum Gasteiger partial charge on any atom is 0.267 e. The van der Waals surface area contributed by atoms with E-state index in [1.165, 1.54) is 6.07 Å². The van der Waals surface area contributed by atoms with Crippen LogP contribution in [0.3, 0.4) is 0 Å². The highest BCUT2D eigenvalue weighted by molar-refractivity contribution is 9.10. The summed E-state index contributed by atoms with van der Waals surface area (Å²) in [5, 5.41) is 0. The van der Waals surface area contributed by atoms with Gasteiger partial charge in [-0.2, -0.15) is 0 Å². The number of nitrogens with zero attached hydrogens (tertiary/aromatic N) is 1. The van der Waals surface area contributed by atoms with Gasteiger partial charge in [-0.1, -0.05) is 0 Å². The number of nitrogen functional groups attached to an aromatic ring is 1. The highest BCUT2D eigenvalue weighted by Gasteiger charge is 2.17. The fraction of sp³-hybridized carbons (Fsp3) is 0.286. The van der Waals surface area contributed by atoms with Crippen LogP contribution < -0.4 is 5.73 Å². The van der Waals surface area contributed by atoms with Gasteiger partial charge in [-0.3, -0.25) is 0 Å². The van der Waals surface area contributed by atoms with Crippen LogP contribution in [0.15, 0.2) is 10.7 Å². The van der Waals surface area contributed by atoms with Crippen LogP contribution in [0.4, 0.5) is 14.6 Å². The van der Waals surface area contributed by atoms with Crippen LogP contribution in [0.2, 0.25) is 0 Å². The lowest BCUT2D eigenvalue weighted by molar-refractivity contribution is 0.151. The second-order valence-corrected chi connectivity index (χ2v) is 3.42. The summed E-state index contributed by atoms with van der Waals surface area (Å²) in [5.41, 5.74) is 5.34. The number of hydrogen-bond acceptors (Lipinski definition) is 2. The van der Waals surface area contributed by atoms with Gasteiger partial charge in [-0.25, -0.2) is 13.8 Å². The topological polar surface area (TPSA) is 38.9 Å². The van der Waals surface area contributed by atoms with Crippen molar-refractivity contribution in [2.45, 2.75) is 12.3 Å². The van der Waals surface area contributed by atoms with Crippen molar-refractivity contribution in [1.82, 2.24) is 4.98 Å². The van der Waals surface area contributed by atoms with Crippen LogP contribution in [-0.2, 0) is 5.88 Å². The summed E-state index contributed by atoms with van der Waals surface area (Å²) in [5.74, 6) is -0.189. The molecule has 1 aromatic rings. The number of halogens is 4. The fourth-order valence-electron chi connectivity index (χ4n) is 0.956. The zero-order valence-corrected chi connectivity index (χ0v) is 8.74. The van der Waals surface area contributed by atoms with Crippen molar-refractivity contribution in [3.63, 3.8) is 0 Å². The van der Waals surface area contributed by atoms with E-state index in [2.05, 4.69) is 20.9 Å². The van der Waals surface area contributed by atoms with Crippen molar-refractivity contribution >= 4 is 33.3 Å². The molecule has 0 bridgehead atoms. The Morgan fingerprint density at radius 3 is 2.69 bits per heavy atom. The molecule has 0 amide bonds. The summed E-state index contributed by atoms with van der Waals surface area (Å²) >= 11 is 8.52. The number of anilines is 1. The lowest BCUT2D eigenvalue weighted by Gasteiger charge is -2.08. The third-order valence-corrected chi connectivity index (χ3v) is 2.20. The SMILES string of the molecule is Nc1nc(Br)cc(CCl)c1C(F)F. The maximum absolute atomic E-state index is 12.4. The van der Waals surface area contributed by atoms with E-state index in [4.69, 9.17) is 17.3 Å². The van der Waals surface area contributed by atoms with Gasteiger partial charge in [0.25, 0.3) is 6.43 Å². The van der Waals surface area contributed by atoms with Crippen LogP contribution in [0.5, 0.6) is 0 Å². The van der Waals surface area contributed by atoms with Gasteiger partial charge in [0.1, 0.15) is 10.4 Å². The zero-order chi connectivity index (χ0) is 10.0. The quantitative estimate of drug-likeness (QED) is 0.663. The van der Waals surface area contributed by atoms with Gasteiger partial charge < -0.3 is 5.73 Å². The van der Waals surface area contributed by atoms with Crippen molar-refractivity contribution in [3.8, 4) is 0 Å². The molecule has 2 N–H and O–H groups in total. The summed E-state index contributed by atoms with van der Waals surface area (Å²) in [4.78, 5) is 3.66. The minimum Gasteiger partial charge on any atom is -0.383 e. The molecule has 0 radical (unpaired) electrons. The molecule has 72 valence electrons. The number of nitrogens with two attached hydrogens (primary N) is 1. The molecule has 13 heavy (non-hydrogen) atoms. The predicted octanol–water partition coefficient (Wildman–Crippen LogP) is 3.10. The Morgan fingerprint density at radius 1 is 1.62 bits per heavy atom. The average molecular weight is 271 g/mol. The van der Waals surface area contributed by atoms with Gasteiger partial charge in [0, 0.05) is 5.88 Å². The van der Waals surface area contributed by atoms with E-state index >= 15 is 0 Å². The number of hydrogen-bond donors (Lipinski definition) is 1. The molecule has 0 spiro atoms. The maximum atomic E-state index is 12.4. The molecule has 1 aromatic heterocycles. The van der Waals surface area contributed by atoms with Crippen molar-refractivity contribution in [2.24, 2.45) is 0 Å². The Balaban J connectivity index is 3.30. The smallest absolute Gasteiger partial charge is 0.267 e. The molecule has 0 aliphatic carbocycles.